The molecule has 1 heterocycles. The minimum Gasteiger partial charge on any atom is -0.306 e. The van der Waals surface area contributed by atoms with Crippen LogP contribution in [0, 0.1) is 0 Å². The lowest BCUT2D eigenvalue weighted by Gasteiger charge is -2.31. The van der Waals surface area contributed by atoms with E-state index in [1.165, 1.54) is 39.4 Å². The van der Waals surface area contributed by atoms with Crippen molar-refractivity contribution < 1.29 is 0 Å². The van der Waals surface area contributed by atoms with Gasteiger partial charge in [0, 0.05) is 23.8 Å². The lowest BCUT2D eigenvalue weighted by atomic mass is 9.82. The van der Waals surface area contributed by atoms with Crippen molar-refractivity contribution in [3.8, 4) is 11.1 Å². The van der Waals surface area contributed by atoms with E-state index in [2.05, 4.69) is 66.4 Å². The van der Waals surface area contributed by atoms with Crippen LogP contribution in [-0.2, 0) is 12.8 Å². The SMILES string of the molecule is CN(C)[C@H]1CCc2c(cccc2-c2cccc3cnccc23)C1. The van der Waals surface area contributed by atoms with E-state index in [9.17, 15) is 0 Å². The lowest BCUT2D eigenvalue weighted by molar-refractivity contribution is 0.268. The minimum absolute atomic E-state index is 0.662. The van der Waals surface area contributed by atoms with E-state index in [1.54, 1.807) is 0 Å². The Balaban J connectivity index is 1.86. The van der Waals surface area contributed by atoms with Crippen molar-refractivity contribution in [3.63, 3.8) is 0 Å². The largest absolute Gasteiger partial charge is 0.306 e. The standard InChI is InChI=1S/C21H22N2/c1-23(2)17-9-10-18-15(13-17)5-3-7-20(18)21-8-4-6-16-14-22-12-11-19(16)21/h3-8,11-12,14,17H,9-10,13H2,1-2H3/t17-/m0/s1. The molecular weight excluding hydrogens is 280 g/mol. The fourth-order valence-corrected chi connectivity index (χ4v) is 3.84. The Hall–Kier alpha value is -2.19. The Labute approximate surface area is 137 Å². The number of pyridine rings is 1. The molecule has 0 bridgehead atoms. The summed E-state index contributed by atoms with van der Waals surface area (Å²) in [6.07, 6.45) is 7.40. The van der Waals surface area contributed by atoms with Gasteiger partial charge in [0.15, 0.2) is 0 Å². The lowest BCUT2D eigenvalue weighted by Crippen LogP contribution is -2.33. The molecule has 0 unspecified atom stereocenters. The fraction of sp³-hybridized carbons (Fsp3) is 0.286. The van der Waals surface area contributed by atoms with Gasteiger partial charge in [-0.25, -0.2) is 0 Å². The molecule has 2 heteroatoms. The van der Waals surface area contributed by atoms with Crippen LogP contribution >= 0.6 is 0 Å². The number of aromatic nitrogens is 1. The van der Waals surface area contributed by atoms with Gasteiger partial charge < -0.3 is 4.90 Å². The zero-order chi connectivity index (χ0) is 15.8. The molecule has 1 atom stereocenters. The average Bonchev–Trinajstić information content (AvgIpc) is 2.60. The first-order valence-corrected chi connectivity index (χ1v) is 8.34. The Morgan fingerprint density at radius 3 is 2.70 bits per heavy atom. The third-order valence-electron chi connectivity index (χ3n) is 5.16. The van der Waals surface area contributed by atoms with Gasteiger partial charge in [0.1, 0.15) is 0 Å². The van der Waals surface area contributed by atoms with Crippen LogP contribution in [0.3, 0.4) is 0 Å². The summed E-state index contributed by atoms with van der Waals surface area (Å²) in [5.41, 5.74) is 5.79. The average molecular weight is 302 g/mol. The third-order valence-corrected chi connectivity index (χ3v) is 5.16. The molecule has 3 aromatic rings. The zero-order valence-electron chi connectivity index (χ0n) is 13.8. The normalized spacial score (nSPS) is 17.4. The number of likely N-dealkylation sites (N-methyl/N-ethyl adjacent to an activating group) is 1. The summed E-state index contributed by atoms with van der Waals surface area (Å²) in [4.78, 5) is 6.62. The van der Waals surface area contributed by atoms with Gasteiger partial charge in [0.25, 0.3) is 0 Å². The summed E-state index contributed by atoms with van der Waals surface area (Å²) < 4.78 is 0. The van der Waals surface area contributed by atoms with Gasteiger partial charge >= 0.3 is 0 Å². The van der Waals surface area contributed by atoms with Gasteiger partial charge in [0.05, 0.1) is 0 Å². The number of benzene rings is 2. The van der Waals surface area contributed by atoms with Crippen molar-refractivity contribution in [1.29, 1.82) is 0 Å². The van der Waals surface area contributed by atoms with E-state index >= 15 is 0 Å². The van der Waals surface area contributed by atoms with E-state index in [0.29, 0.717) is 6.04 Å². The van der Waals surface area contributed by atoms with Crippen LogP contribution < -0.4 is 0 Å². The second-order valence-corrected chi connectivity index (χ2v) is 6.71. The van der Waals surface area contributed by atoms with Gasteiger partial charge in [-0.3, -0.25) is 4.98 Å². The first kappa shape index (κ1) is 14.4. The summed E-state index contributed by atoms with van der Waals surface area (Å²) in [5.74, 6) is 0. The molecule has 2 nitrogen and oxygen atoms in total. The molecule has 1 aliphatic carbocycles. The van der Waals surface area contributed by atoms with Crippen LogP contribution in [0.15, 0.2) is 54.9 Å². The summed E-state index contributed by atoms with van der Waals surface area (Å²) in [7, 11) is 4.38. The van der Waals surface area contributed by atoms with Crippen molar-refractivity contribution in [1.82, 2.24) is 9.88 Å². The quantitative estimate of drug-likeness (QED) is 0.701. The maximum absolute atomic E-state index is 4.26. The summed E-state index contributed by atoms with van der Waals surface area (Å²) >= 11 is 0. The highest BCUT2D eigenvalue weighted by Crippen LogP contribution is 2.35. The Morgan fingerprint density at radius 1 is 1.00 bits per heavy atom. The topological polar surface area (TPSA) is 16.1 Å². The molecule has 0 radical (unpaired) electrons. The minimum atomic E-state index is 0.662. The molecule has 1 aliphatic rings. The first-order chi connectivity index (χ1) is 11.2. The molecule has 4 rings (SSSR count). The van der Waals surface area contributed by atoms with E-state index in [0.717, 1.165) is 12.8 Å². The molecule has 0 amide bonds. The molecule has 0 spiro atoms. The number of hydrogen-bond donors (Lipinski definition) is 0. The molecule has 0 fully saturated rings. The van der Waals surface area contributed by atoms with Gasteiger partial charge in [0.2, 0.25) is 0 Å². The summed E-state index contributed by atoms with van der Waals surface area (Å²) in [6, 6.07) is 16.1. The molecule has 0 saturated carbocycles. The summed E-state index contributed by atoms with van der Waals surface area (Å²) in [5, 5.41) is 2.51. The van der Waals surface area contributed by atoms with Crippen LogP contribution in [0.5, 0.6) is 0 Å². The monoisotopic (exact) mass is 302 g/mol. The molecule has 0 saturated heterocycles. The summed E-state index contributed by atoms with van der Waals surface area (Å²) in [6.45, 7) is 0. The van der Waals surface area contributed by atoms with Gasteiger partial charge in [-0.1, -0.05) is 36.4 Å². The van der Waals surface area contributed by atoms with Crippen molar-refractivity contribution in [2.24, 2.45) is 0 Å². The number of fused-ring (bicyclic) bond motifs is 2. The van der Waals surface area contributed by atoms with E-state index < -0.39 is 0 Å². The molecule has 0 aliphatic heterocycles. The van der Waals surface area contributed by atoms with E-state index in [1.807, 2.05) is 12.4 Å². The molecule has 23 heavy (non-hydrogen) atoms. The predicted octanol–water partition coefficient (Wildman–Crippen LogP) is 4.32. The molecular formula is C21H22N2. The highest BCUT2D eigenvalue weighted by Gasteiger charge is 2.22. The molecule has 1 aromatic heterocycles. The highest BCUT2D eigenvalue weighted by atomic mass is 15.1. The second kappa shape index (κ2) is 5.78. The zero-order valence-corrected chi connectivity index (χ0v) is 13.8. The van der Waals surface area contributed by atoms with Crippen molar-refractivity contribution in [2.45, 2.75) is 25.3 Å². The maximum atomic E-state index is 4.26. The van der Waals surface area contributed by atoms with Crippen LogP contribution in [0.1, 0.15) is 17.5 Å². The Bertz CT molecular complexity index is 846. The van der Waals surface area contributed by atoms with Gasteiger partial charge in [-0.2, -0.15) is 0 Å². The maximum Gasteiger partial charge on any atom is 0.0346 e. The second-order valence-electron chi connectivity index (χ2n) is 6.71. The predicted molar refractivity (Wildman–Crippen MR) is 96.7 cm³/mol. The molecule has 2 aromatic carbocycles. The molecule has 116 valence electrons. The van der Waals surface area contributed by atoms with Crippen molar-refractivity contribution in [3.05, 3.63) is 66.0 Å². The number of rotatable bonds is 2. The third kappa shape index (κ3) is 2.53. The van der Waals surface area contributed by atoms with E-state index in [-0.39, 0.29) is 0 Å². The van der Waals surface area contributed by atoms with Crippen molar-refractivity contribution in [2.75, 3.05) is 14.1 Å². The van der Waals surface area contributed by atoms with E-state index in [4.69, 9.17) is 0 Å². The Morgan fingerprint density at radius 2 is 1.83 bits per heavy atom. The fourth-order valence-electron chi connectivity index (χ4n) is 3.84. The Kier molecular flexibility index (Phi) is 3.62. The van der Waals surface area contributed by atoms with Crippen molar-refractivity contribution >= 4 is 10.8 Å². The smallest absolute Gasteiger partial charge is 0.0346 e. The van der Waals surface area contributed by atoms with Crippen LogP contribution in [0.25, 0.3) is 21.9 Å². The number of hydrogen-bond acceptors (Lipinski definition) is 2. The van der Waals surface area contributed by atoms with Crippen LogP contribution in [0.4, 0.5) is 0 Å². The van der Waals surface area contributed by atoms with Gasteiger partial charge in [-0.15, -0.1) is 0 Å². The van der Waals surface area contributed by atoms with Crippen LogP contribution in [-0.4, -0.2) is 30.0 Å². The molecule has 0 N–H and O–H groups in total. The first-order valence-electron chi connectivity index (χ1n) is 8.34. The van der Waals surface area contributed by atoms with Gasteiger partial charge in [-0.05, 0) is 67.1 Å². The van der Waals surface area contributed by atoms with Crippen LogP contribution in [0.2, 0.25) is 0 Å². The number of nitrogens with zero attached hydrogens (tertiary/aromatic N) is 2. The highest BCUT2D eigenvalue weighted by molar-refractivity contribution is 5.97.